The molecule has 9 heteroatoms. The zero-order valence-electron chi connectivity index (χ0n) is 17.2. The second-order valence-electron chi connectivity index (χ2n) is 6.88. The first-order valence-corrected chi connectivity index (χ1v) is 10.5. The van der Waals surface area contributed by atoms with Crippen LogP contribution in [0.5, 0.6) is 0 Å². The van der Waals surface area contributed by atoms with Gasteiger partial charge < -0.3 is 9.15 Å². The summed E-state index contributed by atoms with van der Waals surface area (Å²) in [5, 5.41) is 4.52. The summed E-state index contributed by atoms with van der Waals surface area (Å²) in [7, 11) is 0. The Morgan fingerprint density at radius 2 is 2.17 bits per heavy atom. The minimum atomic E-state index is -0.646. The molecule has 4 rings (SSSR count). The average molecular weight is 426 g/mol. The molecule has 0 bridgehead atoms. The van der Waals surface area contributed by atoms with Crippen LogP contribution in [0.15, 0.2) is 50.3 Å². The Morgan fingerprint density at radius 3 is 2.80 bits per heavy atom. The van der Waals surface area contributed by atoms with Gasteiger partial charge in [-0.25, -0.2) is 9.79 Å². The average Bonchev–Trinajstić information content (AvgIpc) is 3.42. The minimum absolute atomic E-state index is 0.220. The third-order valence-electron chi connectivity index (χ3n) is 4.96. The van der Waals surface area contributed by atoms with Gasteiger partial charge in [0.2, 0.25) is 0 Å². The molecule has 0 radical (unpaired) electrons. The summed E-state index contributed by atoms with van der Waals surface area (Å²) in [6.45, 7) is 8.30. The van der Waals surface area contributed by atoms with E-state index < -0.39 is 12.0 Å². The van der Waals surface area contributed by atoms with Crippen LogP contribution in [0.25, 0.3) is 6.08 Å². The lowest BCUT2D eigenvalue weighted by atomic mass is 9.96. The number of nitrogens with zero attached hydrogens (tertiary/aromatic N) is 4. The van der Waals surface area contributed by atoms with Gasteiger partial charge in [-0.1, -0.05) is 11.3 Å². The third kappa shape index (κ3) is 3.35. The molecule has 0 aromatic carbocycles. The number of furan rings is 1. The SMILES string of the molecule is CCOC(=O)C1=C(C)N=c2s/c(=C/c3ccoc3)c(=O)n2C1c1cn(CC)nc1C. The fraction of sp³-hybridized carbons (Fsp3) is 0.333. The number of ether oxygens (including phenoxy) is 1. The van der Waals surface area contributed by atoms with E-state index >= 15 is 0 Å². The number of thiazole rings is 1. The van der Waals surface area contributed by atoms with Gasteiger partial charge in [0.25, 0.3) is 5.56 Å². The third-order valence-corrected chi connectivity index (χ3v) is 5.94. The van der Waals surface area contributed by atoms with Crippen LogP contribution in [0.1, 0.15) is 43.6 Å². The fourth-order valence-electron chi connectivity index (χ4n) is 3.56. The molecule has 0 spiro atoms. The van der Waals surface area contributed by atoms with Crippen LogP contribution in [0, 0.1) is 6.92 Å². The molecule has 0 amide bonds. The van der Waals surface area contributed by atoms with Crippen LogP contribution >= 0.6 is 11.3 Å². The Bertz CT molecular complexity index is 1310. The molecular weight excluding hydrogens is 404 g/mol. The maximum atomic E-state index is 13.4. The van der Waals surface area contributed by atoms with E-state index in [1.165, 1.54) is 11.3 Å². The summed E-state index contributed by atoms with van der Waals surface area (Å²) in [5.74, 6) is -0.475. The second-order valence-corrected chi connectivity index (χ2v) is 7.89. The number of carbonyl (C=O) groups excluding carboxylic acids is 1. The van der Waals surface area contributed by atoms with Crippen molar-refractivity contribution >= 4 is 23.4 Å². The number of allylic oxidation sites excluding steroid dienone is 1. The smallest absolute Gasteiger partial charge is 0.338 e. The normalized spacial score (nSPS) is 16.5. The molecule has 1 aliphatic rings. The first kappa shape index (κ1) is 20.1. The Hall–Kier alpha value is -3.20. The van der Waals surface area contributed by atoms with Crippen molar-refractivity contribution in [3.05, 3.63) is 72.6 Å². The number of hydrogen-bond donors (Lipinski definition) is 0. The van der Waals surface area contributed by atoms with Crippen LogP contribution in [0.4, 0.5) is 0 Å². The zero-order valence-corrected chi connectivity index (χ0v) is 18.0. The zero-order chi connectivity index (χ0) is 21.4. The number of aryl methyl sites for hydroxylation is 2. The fourth-order valence-corrected chi connectivity index (χ4v) is 4.60. The van der Waals surface area contributed by atoms with Crippen molar-refractivity contribution in [2.24, 2.45) is 4.99 Å². The summed E-state index contributed by atoms with van der Waals surface area (Å²) in [6.07, 6.45) is 6.76. The van der Waals surface area contributed by atoms with Crippen molar-refractivity contribution in [1.82, 2.24) is 14.3 Å². The molecule has 0 N–H and O–H groups in total. The molecule has 0 fully saturated rings. The highest BCUT2D eigenvalue weighted by molar-refractivity contribution is 7.07. The van der Waals surface area contributed by atoms with Crippen LogP contribution < -0.4 is 14.9 Å². The van der Waals surface area contributed by atoms with Crippen LogP contribution in [0.2, 0.25) is 0 Å². The van der Waals surface area contributed by atoms with Crippen molar-refractivity contribution in [2.75, 3.05) is 6.61 Å². The summed E-state index contributed by atoms with van der Waals surface area (Å²) in [4.78, 5) is 31.4. The van der Waals surface area contributed by atoms with Crippen LogP contribution in [-0.4, -0.2) is 26.9 Å². The highest BCUT2D eigenvalue weighted by Gasteiger charge is 2.35. The van der Waals surface area contributed by atoms with E-state index in [0.29, 0.717) is 27.1 Å². The number of rotatable bonds is 5. The Morgan fingerprint density at radius 1 is 1.37 bits per heavy atom. The van der Waals surface area contributed by atoms with Crippen molar-refractivity contribution in [3.63, 3.8) is 0 Å². The van der Waals surface area contributed by atoms with Crippen molar-refractivity contribution in [1.29, 1.82) is 0 Å². The molecule has 3 aromatic rings. The van der Waals surface area contributed by atoms with Gasteiger partial charge in [0.1, 0.15) is 6.04 Å². The molecule has 0 saturated carbocycles. The molecule has 1 unspecified atom stereocenters. The van der Waals surface area contributed by atoms with Crippen LogP contribution in [-0.2, 0) is 16.1 Å². The number of hydrogen-bond acceptors (Lipinski definition) is 7. The summed E-state index contributed by atoms with van der Waals surface area (Å²) < 4.78 is 14.3. The van der Waals surface area contributed by atoms with Gasteiger partial charge in [0.15, 0.2) is 4.80 Å². The summed E-state index contributed by atoms with van der Waals surface area (Å²) >= 11 is 1.28. The van der Waals surface area contributed by atoms with Gasteiger partial charge in [-0.3, -0.25) is 14.0 Å². The number of esters is 1. The second kappa shape index (κ2) is 7.91. The van der Waals surface area contributed by atoms with Crippen LogP contribution in [0.3, 0.4) is 0 Å². The molecule has 0 saturated heterocycles. The molecule has 1 atom stereocenters. The van der Waals surface area contributed by atoms with Gasteiger partial charge >= 0.3 is 5.97 Å². The van der Waals surface area contributed by atoms with E-state index in [4.69, 9.17) is 9.15 Å². The summed E-state index contributed by atoms with van der Waals surface area (Å²) in [6, 6.07) is 1.13. The molecule has 1 aliphatic heterocycles. The molecule has 0 aliphatic carbocycles. The lowest BCUT2D eigenvalue weighted by molar-refractivity contribution is -0.139. The topological polar surface area (TPSA) is 91.6 Å². The predicted octanol–water partition coefficient (Wildman–Crippen LogP) is 1.92. The predicted molar refractivity (Wildman–Crippen MR) is 112 cm³/mol. The van der Waals surface area contributed by atoms with E-state index in [-0.39, 0.29) is 12.2 Å². The van der Waals surface area contributed by atoms with Gasteiger partial charge in [-0.2, -0.15) is 5.10 Å². The monoisotopic (exact) mass is 426 g/mol. The Kier molecular flexibility index (Phi) is 5.29. The molecule has 3 aromatic heterocycles. The first-order valence-electron chi connectivity index (χ1n) is 9.70. The van der Waals surface area contributed by atoms with Gasteiger partial charge in [0.05, 0.1) is 40.6 Å². The standard InChI is InChI=1S/C21H22N4O4S/c1-5-24-10-15(12(3)23-24)18-17(20(27)29-6-2)13(4)22-21-25(18)19(26)16(30-21)9-14-7-8-28-11-14/h7-11,18H,5-6H2,1-4H3/b16-9+. The van der Waals surface area contributed by atoms with Gasteiger partial charge in [0, 0.05) is 23.9 Å². The Balaban J connectivity index is 1.99. The van der Waals surface area contributed by atoms with E-state index in [1.807, 2.05) is 20.0 Å². The van der Waals surface area contributed by atoms with Crippen molar-refractivity contribution < 1.29 is 13.9 Å². The lowest BCUT2D eigenvalue weighted by Gasteiger charge is -2.24. The first-order chi connectivity index (χ1) is 14.4. The summed E-state index contributed by atoms with van der Waals surface area (Å²) in [5.41, 5.74) is 3.00. The molecule has 30 heavy (non-hydrogen) atoms. The number of carbonyl (C=O) groups is 1. The van der Waals surface area contributed by atoms with Gasteiger partial charge in [-0.05, 0) is 39.8 Å². The van der Waals surface area contributed by atoms with E-state index in [0.717, 1.165) is 16.8 Å². The van der Waals surface area contributed by atoms with E-state index in [2.05, 4.69) is 10.1 Å². The van der Waals surface area contributed by atoms with E-state index in [9.17, 15) is 9.59 Å². The largest absolute Gasteiger partial charge is 0.472 e. The minimum Gasteiger partial charge on any atom is -0.472 e. The molecule has 4 heterocycles. The van der Waals surface area contributed by atoms with E-state index in [1.54, 1.807) is 47.8 Å². The van der Waals surface area contributed by atoms with Gasteiger partial charge in [-0.15, -0.1) is 0 Å². The van der Waals surface area contributed by atoms with Crippen molar-refractivity contribution in [2.45, 2.75) is 40.3 Å². The number of fused-ring (bicyclic) bond motifs is 1. The highest BCUT2D eigenvalue weighted by atomic mass is 32.1. The lowest BCUT2D eigenvalue weighted by Crippen LogP contribution is -2.40. The van der Waals surface area contributed by atoms with Crippen molar-refractivity contribution in [3.8, 4) is 0 Å². The Labute approximate surface area is 176 Å². The molecular formula is C21H22N4O4S. The maximum absolute atomic E-state index is 13.4. The highest BCUT2D eigenvalue weighted by Crippen LogP contribution is 2.32. The quantitative estimate of drug-likeness (QED) is 0.581. The maximum Gasteiger partial charge on any atom is 0.338 e. The molecule has 156 valence electrons. The molecule has 8 nitrogen and oxygen atoms in total. The number of aromatic nitrogens is 3.